The van der Waals surface area contributed by atoms with Crippen LogP contribution in [0, 0.1) is 17.5 Å². The molecule has 1 aliphatic heterocycles. The topological polar surface area (TPSA) is 105 Å². The number of carbonyl (C=O) groups is 1. The van der Waals surface area contributed by atoms with Crippen molar-refractivity contribution in [2.24, 2.45) is 5.73 Å². The minimum absolute atomic E-state index is 0.130. The van der Waals surface area contributed by atoms with Crippen LogP contribution in [0.15, 0.2) is 34.9 Å². The third kappa shape index (κ3) is 3.44. The summed E-state index contributed by atoms with van der Waals surface area (Å²) in [6, 6.07) is 7.26. The van der Waals surface area contributed by atoms with Gasteiger partial charge in [-0.15, -0.1) is 0 Å². The fourth-order valence-electron chi connectivity index (χ4n) is 3.57. The van der Waals surface area contributed by atoms with Gasteiger partial charge in [-0.3, -0.25) is 4.79 Å². The number of nitrogens with two attached hydrogens (primary N) is 1. The highest BCUT2D eigenvalue weighted by atomic mass is 19.2. The van der Waals surface area contributed by atoms with E-state index in [9.17, 15) is 23.1 Å². The predicted molar refractivity (Wildman–Crippen MR) is 100 cm³/mol. The number of phenolic OH excluding ortho intramolecular Hbond substituents is 1. The molecule has 0 aliphatic carbocycles. The van der Waals surface area contributed by atoms with Crippen LogP contribution in [0.2, 0.25) is 0 Å². The van der Waals surface area contributed by atoms with E-state index in [1.54, 1.807) is 24.3 Å². The van der Waals surface area contributed by atoms with Gasteiger partial charge in [0.05, 0.1) is 11.6 Å². The van der Waals surface area contributed by atoms with Gasteiger partial charge in [0.15, 0.2) is 17.4 Å². The second kappa shape index (κ2) is 7.69. The van der Waals surface area contributed by atoms with Crippen LogP contribution in [-0.2, 0) is 0 Å². The Morgan fingerprint density at radius 3 is 2.60 bits per heavy atom. The van der Waals surface area contributed by atoms with Crippen LogP contribution in [0.1, 0.15) is 41.2 Å². The molecule has 156 valence electrons. The number of amides is 1. The van der Waals surface area contributed by atoms with E-state index in [0.29, 0.717) is 18.2 Å². The molecule has 1 aliphatic rings. The van der Waals surface area contributed by atoms with E-state index in [-0.39, 0.29) is 17.9 Å². The van der Waals surface area contributed by atoms with Gasteiger partial charge in [0, 0.05) is 12.1 Å². The van der Waals surface area contributed by atoms with Gasteiger partial charge in [-0.2, -0.15) is 9.37 Å². The summed E-state index contributed by atoms with van der Waals surface area (Å²) in [5, 5.41) is 13.3. The highest BCUT2D eigenvalue weighted by Gasteiger charge is 2.29. The van der Waals surface area contributed by atoms with Crippen molar-refractivity contribution in [2.45, 2.75) is 25.3 Å². The number of anilines is 1. The van der Waals surface area contributed by atoms with Gasteiger partial charge in [-0.25, -0.2) is 8.78 Å². The number of halogens is 3. The fraction of sp³-hybridized carbons (Fsp3) is 0.250. The van der Waals surface area contributed by atoms with E-state index in [4.69, 9.17) is 10.3 Å². The molecule has 1 unspecified atom stereocenters. The molecule has 3 aromatic rings. The zero-order valence-corrected chi connectivity index (χ0v) is 15.6. The Morgan fingerprint density at radius 2 is 1.90 bits per heavy atom. The molecule has 2 heterocycles. The van der Waals surface area contributed by atoms with Crippen molar-refractivity contribution >= 4 is 11.9 Å². The van der Waals surface area contributed by atoms with Crippen molar-refractivity contribution in [2.75, 3.05) is 11.4 Å². The van der Waals surface area contributed by atoms with Gasteiger partial charge >= 0.3 is 0 Å². The van der Waals surface area contributed by atoms with E-state index in [1.165, 1.54) is 0 Å². The molecular weight excluding hydrogens is 401 g/mol. The number of aromatic nitrogens is 2. The van der Waals surface area contributed by atoms with E-state index < -0.39 is 34.7 Å². The molecule has 0 radical (unpaired) electrons. The Hall–Kier alpha value is -3.56. The fourth-order valence-corrected chi connectivity index (χ4v) is 3.57. The average Bonchev–Trinajstić information content (AvgIpc) is 3.24. The summed E-state index contributed by atoms with van der Waals surface area (Å²) < 4.78 is 46.2. The third-order valence-electron chi connectivity index (χ3n) is 5.12. The van der Waals surface area contributed by atoms with Gasteiger partial charge in [0.2, 0.25) is 11.7 Å². The first-order valence-electron chi connectivity index (χ1n) is 9.23. The summed E-state index contributed by atoms with van der Waals surface area (Å²) in [4.78, 5) is 17.3. The lowest BCUT2D eigenvalue weighted by Crippen LogP contribution is -2.34. The first kappa shape index (κ1) is 19.7. The number of hydrogen-bond donors (Lipinski definition) is 2. The molecule has 0 bridgehead atoms. The number of piperidine rings is 1. The number of carbonyl (C=O) groups excluding carboxylic acids is 1. The number of aromatic hydroxyl groups is 1. The molecule has 7 nitrogen and oxygen atoms in total. The van der Waals surface area contributed by atoms with E-state index in [2.05, 4.69) is 10.1 Å². The molecule has 4 rings (SSSR count). The third-order valence-corrected chi connectivity index (χ3v) is 5.12. The molecule has 1 atom stereocenters. The second-order valence-electron chi connectivity index (χ2n) is 6.97. The van der Waals surface area contributed by atoms with Gasteiger partial charge in [-0.1, -0.05) is 12.1 Å². The van der Waals surface area contributed by atoms with Crippen molar-refractivity contribution < 1.29 is 27.6 Å². The summed E-state index contributed by atoms with van der Waals surface area (Å²) in [6.45, 7) is 0.590. The molecule has 0 spiro atoms. The normalized spacial score (nSPS) is 16.6. The number of rotatable bonds is 4. The Morgan fingerprint density at radius 1 is 1.17 bits per heavy atom. The Bertz CT molecular complexity index is 1100. The quantitative estimate of drug-likeness (QED) is 0.626. The molecule has 3 N–H and O–H groups in total. The zero-order valence-electron chi connectivity index (χ0n) is 15.6. The Kier molecular flexibility index (Phi) is 5.06. The predicted octanol–water partition coefficient (Wildman–Crippen LogP) is 3.69. The summed E-state index contributed by atoms with van der Waals surface area (Å²) in [7, 11) is 0. The van der Waals surface area contributed by atoms with Crippen LogP contribution in [0.3, 0.4) is 0 Å². The van der Waals surface area contributed by atoms with Gasteiger partial charge in [-0.05, 0) is 48.2 Å². The number of benzene rings is 2. The first-order chi connectivity index (χ1) is 14.4. The first-order valence-corrected chi connectivity index (χ1v) is 9.23. The van der Waals surface area contributed by atoms with E-state index >= 15 is 0 Å². The van der Waals surface area contributed by atoms with E-state index in [1.807, 2.05) is 4.90 Å². The smallest absolute Gasteiger partial charge is 0.266 e. The molecule has 1 fully saturated rings. The van der Waals surface area contributed by atoms with Crippen molar-refractivity contribution in [1.82, 2.24) is 10.1 Å². The summed E-state index contributed by atoms with van der Waals surface area (Å²) in [6.07, 6.45) is 2.59. The zero-order chi connectivity index (χ0) is 21.4. The summed E-state index contributed by atoms with van der Waals surface area (Å²) in [5.41, 5.74) is 6.03. The van der Waals surface area contributed by atoms with Crippen LogP contribution >= 0.6 is 0 Å². The maximum Gasteiger partial charge on any atom is 0.266 e. The van der Waals surface area contributed by atoms with E-state index in [0.717, 1.165) is 24.8 Å². The lowest BCUT2D eigenvalue weighted by molar-refractivity contribution is 0.1000. The molecule has 30 heavy (non-hydrogen) atoms. The molecule has 1 aromatic heterocycles. The molecule has 0 saturated carbocycles. The molecule has 1 amide bonds. The van der Waals surface area contributed by atoms with Gasteiger partial charge in [0.25, 0.3) is 11.8 Å². The van der Waals surface area contributed by atoms with Crippen LogP contribution in [0.25, 0.3) is 11.5 Å². The minimum Gasteiger partial charge on any atom is -0.503 e. The summed E-state index contributed by atoms with van der Waals surface area (Å²) >= 11 is 0. The minimum atomic E-state index is -1.69. The van der Waals surface area contributed by atoms with Crippen molar-refractivity contribution in [3.8, 4) is 17.2 Å². The SMILES string of the molecule is NC(=O)c1ccc(C2CCCCN2c2noc(-c3cc(F)c(F)c(O)c3F)n2)cc1. The second-order valence-corrected chi connectivity index (χ2v) is 6.97. The van der Waals surface area contributed by atoms with Crippen molar-refractivity contribution in [1.29, 1.82) is 0 Å². The van der Waals surface area contributed by atoms with Crippen molar-refractivity contribution in [3.63, 3.8) is 0 Å². The van der Waals surface area contributed by atoms with Crippen molar-refractivity contribution in [3.05, 3.63) is 58.9 Å². The lowest BCUT2D eigenvalue weighted by Gasteiger charge is -2.35. The molecule has 2 aromatic carbocycles. The monoisotopic (exact) mass is 418 g/mol. The summed E-state index contributed by atoms with van der Waals surface area (Å²) in [5.74, 6) is -6.72. The number of nitrogens with zero attached hydrogens (tertiary/aromatic N) is 3. The van der Waals surface area contributed by atoms with Crippen LogP contribution < -0.4 is 10.6 Å². The molecular formula is C20H17F3N4O3. The average molecular weight is 418 g/mol. The van der Waals surface area contributed by atoms with Crippen LogP contribution in [0.4, 0.5) is 19.1 Å². The highest BCUT2D eigenvalue weighted by molar-refractivity contribution is 5.92. The standard InChI is InChI=1S/C20H17F3N4O3/c21-13-9-12(15(22)17(28)16(13)23)19-25-20(26-30-19)27-8-2-1-3-14(27)10-4-6-11(7-5-10)18(24)29/h4-7,9,14,28H,1-3,8H2,(H2,24,29). The van der Waals surface area contributed by atoms with Gasteiger partial charge < -0.3 is 20.3 Å². The lowest BCUT2D eigenvalue weighted by atomic mass is 9.95. The number of phenols is 1. The number of primary amides is 1. The van der Waals surface area contributed by atoms with Crippen LogP contribution in [0.5, 0.6) is 5.75 Å². The maximum absolute atomic E-state index is 14.2. The Balaban J connectivity index is 1.67. The largest absolute Gasteiger partial charge is 0.503 e. The maximum atomic E-state index is 14.2. The molecule has 10 heteroatoms. The number of hydrogen-bond acceptors (Lipinski definition) is 6. The van der Waals surface area contributed by atoms with Crippen LogP contribution in [-0.4, -0.2) is 27.7 Å². The highest BCUT2D eigenvalue weighted by Crippen LogP contribution is 2.36. The Labute approximate surface area is 168 Å². The molecule has 1 saturated heterocycles. The van der Waals surface area contributed by atoms with Gasteiger partial charge in [0.1, 0.15) is 0 Å².